The zero-order chi connectivity index (χ0) is 10.8. The zero-order valence-electron chi connectivity index (χ0n) is 7.59. The molecule has 0 aromatic carbocycles. The summed E-state index contributed by atoms with van der Waals surface area (Å²) in [5.74, 6) is 0.517. The highest BCUT2D eigenvalue weighted by Gasteiger charge is 2.28. The van der Waals surface area contributed by atoms with E-state index in [1.807, 2.05) is 6.92 Å². The Labute approximate surface area is 96.6 Å². The largest absolute Gasteiger partial charge is 0.464 e. The minimum Gasteiger partial charge on any atom is -0.464 e. The zero-order valence-corrected chi connectivity index (χ0v) is 9.86. The lowest BCUT2D eigenvalue weighted by Crippen LogP contribution is -2.11. The third kappa shape index (κ3) is 3.12. The van der Waals surface area contributed by atoms with Crippen molar-refractivity contribution in [2.45, 2.75) is 17.6 Å². The normalized spacial score (nSPS) is 11.5. The second-order valence-corrected chi connectivity index (χ2v) is 4.70. The summed E-state index contributed by atoms with van der Waals surface area (Å²) >= 11 is 16.9. The fraction of sp³-hybridized carbons (Fsp3) is 0.571. The predicted molar refractivity (Wildman–Crippen MR) is 55.0 cm³/mol. The second-order valence-electron chi connectivity index (χ2n) is 2.42. The van der Waals surface area contributed by atoms with E-state index in [-0.39, 0.29) is 11.8 Å². The average Bonchev–Trinajstić information content (AvgIpc) is 2.02. The molecule has 4 nitrogen and oxygen atoms in total. The number of rotatable bonds is 2. The van der Waals surface area contributed by atoms with Crippen molar-refractivity contribution in [3.63, 3.8) is 0 Å². The number of ether oxygens (including phenoxy) is 1. The molecule has 0 saturated carbocycles. The maximum Gasteiger partial charge on any atom is 0.320 e. The molecule has 0 radical (unpaired) electrons. The van der Waals surface area contributed by atoms with Gasteiger partial charge in [0.2, 0.25) is 3.79 Å². The summed E-state index contributed by atoms with van der Waals surface area (Å²) in [4.78, 5) is 11.7. The molecule has 1 heterocycles. The van der Waals surface area contributed by atoms with Crippen LogP contribution in [0, 0.1) is 6.92 Å². The third-order valence-electron chi connectivity index (χ3n) is 1.25. The number of halogens is 3. The van der Waals surface area contributed by atoms with E-state index in [2.05, 4.69) is 15.0 Å². The van der Waals surface area contributed by atoms with Crippen LogP contribution in [0.4, 0.5) is 0 Å². The lowest BCUT2D eigenvalue weighted by molar-refractivity contribution is 0.308. The van der Waals surface area contributed by atoms with E-state index >= 15 is 0 Å². The predicted octanol–water partition coefficient (Wildman–Crippen LogP) is 2.41. The molecular weight excluding hydrogens is 248 g/mol. The smallest absolute Gasteiger partial charge is 0.320 e. The number of aryl methyl sites for hydroxylation is 1. The molecule has 7 heteroatoms. The first-order valence-corrected chi connectivity index (χ1v) is 4.99. The van der Waals surface area contributed by atoms with Gasteiger partial charge in [-0.25, -0.2) is 4.98 Å². The van der Waals surface area contributed by atoms with Gasteiger partial charge in [0.15, 0.2) is 5.82 Å². The molecule has 0 bridgehead atoms. The van der Waals surface area contributed by atoms with Gasteiger partial charge < -0.3 is 4.74 Å². The van der Waals surface area contributed by atoms with E-state index in [1.165, 1.54) is 0 Å². The van der Waals surface area contributed by atoms with Gasteiger partial charge in [0.05, 0.1) is 6.61 Å². The van der Waals surface area contributed by atoms with Crippen molar-refractivity contribution >= 4 is 34.8 Å². The number of hydrogen-bond acceptors (Lipinski definition) is 4. The molecule has 0 aliphatic rings. The van der Waals surface area contributed by atoms with E-state index in [0.717, 1.165) is 0 Å². The Morgan fingerprint density at radius 3 is 2.36 bits per heavy atom. The summed E-state index contributed by atoms with van der Waals surface area (Å²) in [7, 11) is 0. The fourth-order valence-electron chi connectivity index (χ4n) is 0.778. The van der Waals surface area contributed by atoms with E-state index in [9.17, 15) is 0 Å². The Hall–Kier alpha value is -0.320. The molecule has 0 fully saturated rings. The Balaban J connectivity index is 3.07. The molecule has 1 aromatic heterocycles. The Bertz CT molecular complexity index is 326. The molecule has 0 saturated heterocycles. The van der Waals surface area contributed by atoms with Gasteiger partial charge in [-0.1, -0.05) is 34.8 Å². The van der Waals surface area contributed by atoms with Crippen molar-refractivity contribution in [3.8, 4) is 6.01 Å². The van der Waals surface area contributed by atoms with Crippen molar-refractivity contribution in [2.24, 2.45) is 0 Å². The van der Waals surface area contributed by atoms with Crippen molar-refractivity contribution < 1.29 is 4.74 Å². The highest BCUT2D eigenvalue weighted by atomic mass is 35.6. The van der Waals surface area contributed by atoms with E-state index in [1.54, 1.807) is 6.92 Å². The molecule has 0 atom stereocenters. The lowest BCUT2D eigenvalue weighted by atomic mass is 10.6. The van der Waals surface area contributed by atoms with Crippen molar-refractivity contribution in [2.75, 3.05) is 6.61 Å². The molecular formula is C7H8Cl3N3O. The summed E-state index contributed by atoms with van der Waals surface area (Å²) in [6.07, 6.45) is 0. The second kappa shape index (κ2) is 4.47. The molecule has 78 valence electrons. The van der Waals surface area contributed by atoms with Crippen LogP contribution in [-0.4, -0.2) is 21.6 Å². The van der Waals surface area contributed by atoms with Crippen molar-refractivity contribution in [1.82, 2.24) is 15.0 Å². The van der Waals surface area contributed by atoms with Gasteiger partial charge in [0.1, 0.15) is 5.82 Å². The van der Waals surface area contributed by atoms with Gasteiger partial charge in [-0.15, -0.1) is 0 Å². The number of aromatic nitrogens is 3. The minimum atomic E-state index is -1.65. The van der Waals surface area contributed by atoms with Crippen LogP contribution in [0.5, 0.6) is 6.01 Å². The summed E-state index contributed by atoms with van der Waals surface area (Å²) in [5.41, 5.74) is 0. The monoisotopic (exact) mass is 255 g/mol. The van der Waals surface area contributed by atoms with Crippen LogP contribution in [0.15, 0.2) is 0 Å². The van der Waals surface area contributed by atoms with Crippen LogP contribution in [0.3, 0.4) is 0 Å². The van der Waals surface area contributed by atoms with Gasteiger partial charge in [-0.2, -0.15) is 9.97 Å². The van der Waals surface area contributed by atoms with Gasteiger partial charge in [0.25, 0.3) is 0 Å². The maximum absolute atomic E-state index is 5.63. The first-order chi connectivity index (χ1) is 6.43. The van der Waals surface area contributed by atoms with E-state index in [0.29, 0.717) is 12.4 Å². The van der Waals surface area contributed by atoms with Gasteiger partial charge >= 0.3 is 6.01 Å². The lowest BCUT2D eigenvalue weighted by Gasteiger charge is -2.10. The van der Waals surface area contributed by atoms with E-state index < -0.39 is 3.79 Å². The molecule has 1 aromatic rings. The molecule has 0 amide bonds. The van der Waals surface area contributed by atoms with Gasteiger partial charge in [0, 0.05) is 0 Å². The van der Waals surface area contributed by atoms with Crippen LogP contribution in [-0.2, 0) is 3.79 Å². The fourth-order valence-corrected chi connectivity index (χ4v) is 1.03. The minimum absolute atomic E-state index is 0.0680. The maximum atomic E-state index is 5.63. The SMILES string of the molecule is CCOc1nc(C)nc(C(Cl)(Cl)Cl)n1. The summed E-state index contributed by atoms with van der Waals surface area (Å²) in [5, 5.41) is 0. The molecule has 14 heavy (non-hydrogen) atoms. The highest BCUT2D eigenvalue weighted by molar-refractivity contribution is 6.66. The number of hydrogen-bond donors (Lipinski definition) is 0. The van der Waals surface area contributed by atoms with Crippen molar-refractivity contribution in [1.29, 1.82) is 0 Å². The van der Waals surface area contributed by atoms with Gasteiger partial charge in [-0.05, 0) is 13.8 Å². The van der Waals surface area contributed by atoms with Crippen molar-refractivity contribution in [3.05, 3.63) is 11.6 Å². The quantitative estimate of drug-likeness (QED) is 0.763. The molecule has 0 N–H and O–H groups in total. The molecule has 0 aliphatic carbocycles. The topological polar surface area (TPSA) is 47.9 Å². The molecule has 0 aliphatic heterocycles. The molecule has 0 unspecified atom stereocenters. The summed E-state index contributed by atoms with van der Waals surface area (Å²) in [6.45, 7) is 3.93. The Kier molecular flexibility index (Phi) is 3.75. The first-order valence-electron chi connectivity index (χ1n) is 3.86. The van der Waals surface area contributed by atoms with Crippen LogP contribution < -0.4 is 4.74 Å². The van der Waals surface area contributed by atoms with Crippen LogP contribution in [0.1, 0.15) is 18.6 Å². The van der Waals surface area contributed by atoms with E-state index in [4.69, 9.17) is 39.5 Å². The third-order valence-corrected chi connectivity index (χ3v) is 1.76. The molecule has 0 spiro atoms. The number of alkyl halides is 3. The Morgan fingerprint density at radius 1 is 1.21 bits per heavy atom. The first kappa shape index (κ1) is 11.8. The average molecular weight is 257 g/mol. The summed E-state index contributed by atoms with van der Waals surface area (Å²) in [6, 6.07) is 0.168. The Morgan fingerprint density at radius 2 is 1.86 bits per heavy atom. The van der Waals surface area contributed by atoms with Gasteiger partial charge in [-0.3, -0.25) is 0 Å². The van der Waals surface area contributed by atoms with Crippen LogP contribution in [0.2, 0.25) is 0 Å². The standard InChI is InChI=1S/C7H8Cl3N3O/c1-3-14-6-12-4(2)11-5(13-6)7(8,9)10/h3H2,1-2H3. The summed E-state index contributed by atoms with van der Waals surface area (Å²) < 4.78 is 3.43. The molecule has 1 rings (SSSR count). The highest BCUT2D eigenvalue weighted by Crippen LogP contribution is 2.36. The van der Waals surface area contributed by atoms with Crippen LogP contribution in [0.25, 0.3) is 0 Å². The number of nitrogens with zero attached hydrogens (tertiary/aromatic N) is 3. The van der Waals surface area contributed by atoms with Crippen LogP contribution >= 0.6 is 34.8 Å².